The third-order valence-corrected chi connectivity index (χ3v) is 4.32. The topological polar surface area (TPSA) is 37.8 Å². The maximum Gasteiger partial charge on any atom is 0.116 e. The molecule has 0 amide bonds. The van der Waals surface area contributed by atoms with E-state index >= 15 is 0 Å². The van der Waals surface area contributed by atoms with Crippen LogP contribution in [0.3, 0.4) is 0 Å². The van der Waals surface area contributed by atoms with Gasteiger partial charge in [-0.25, -0.2) is 9.97 Å². The van der Waals surface area contributed by atoms with Gasteiger partial charge in [0.25, 0.3) is 0 Å². The van der Waals surface area contributed by atoms with Gasteiger partial charge in [0.15, 0.2) is 0 Å². The molecule has 1 aliphatic heterocycles. The van der Waals surface area contributed by atoms with Crippen LogP contribution in [0.4, 0.5) is 11.4 Å². The molecule has 2 heterocycles. The van der Waals surface area contributed by atoms with Gasteiger partial charge in [0.05, 0.1) is 17.6 Å². The van der Waals surface area contributed by atoms with E-state index in [1.165, 1.54) is 21.9 Å². The predicted octanol–water partition coefficient (Wildman–Crippen LogP) is 5.02. The molecule has 1 aliphatic rings. The average molecular weight is 295 g/mol. The van der Waals surface area contributed by atoms with Crippen molar-refractivity contribution in [2.75, 3.05) is 5.32 Å². The quantitative estimate of drug-likeness (QED) is 0.472. The van der Waals surface area contributed by atoms with Crippen molar-refractivity contribution >= 4 is 22.1 Å². The lowest BCUT2D eigenvalue weighted by atomic mass is 9.92. The first-order chi connectivity index (χ1) is 11.4. The fourth-order valence-electron chi connectivity index (χ4n) is 3.30. The summed E-state index contributed by atoms with van der Waals surface area (Å²) in [5, 5.41) is 5.88. The number of nitrogens with zero attached hydrogens (tertiary/aromatic N) is 2. The standard InChI is InChI=1S/C20H13N3/c1-2-5-13(6-3-1)15-9-14-7-4-8-17-19(14)16(10-15)20-18(23-17)11-21-12-22-20/h1-12,23H. The number of nitrogens with one attached hydrogen (secondary N) is 1. The van der Waals surface area contributed by atoms with Crippen LogP contribution in [0.2, 0.25) is 0 Å². The van der Waals surface area contributed by atoms with Crippen LogP contribution in [0.5, 0.6) is 0 Å². The molecule has 3 nitrogen and oxygen atoms in total. The van der Waals surface area contributed by atoms with Crippen molar-refractivity contribution in [1.82, 2.24) is 9.97 Å². The lowest BCUT2D eigenvalue weighted by Gasteiger charge is -2.21. The van der Waals surface area contributed by atoms with Crippen molar-refractivity contribution in [2.24, 2.45) is 0 Å². The Balaban J connectivity index is 1.89. The summed E-state index contributed by atoms with van der Waals surface area (Å²) in [6, 6.07) is 21.3. The molecule has 4 aromatic rings. The SMILES string of the molecule is c1ccc(-c2cc3c4c(cccc4c2)Nc2cncnc2-3)cc1. The number of aromatic nitrogens is 2. The van der Waals surface area contributed by atoms with E-state index in [0.717, 1.165) is 22.6 Å². The Hall–Kier alpha value is -3.20. The summed E-state index contributed by atoms with van der Waals surface area (Å²) in [5.74, 6) is 0. The molecule has 0 saturated carbocycles. The number of rotatable bonds is 1. The minimum Gasteiger partial charge on any atom is -0.352 e. The lowest BCUT2D eigenvalue weighted by Crippen LogP contribution is -2.03. The molecule has 0 atom stereocenters. The zero-order valence-corrected chi connectivity index (χ0v) is 12.3. The fourth-order valence-corrected chi connectivity index (χ4v) is 3.30. The largest absolute Gasteiger partial charge is 0.352 e. The molecule has 0 bridgehead atoms. The van der Waals surface area contributed by atoms with E-state index in [-0.39, 0.29) is 0 Å². The van der Waals surface area contributed by atoms with Crippen LogP contribution in [0.1, 0.15) is 0 Å². The number of anilines is 2. The van der Waals surface area contributed by atoms with Crippen molar-refractivity contribution in [3.05, 3.63) is 73.2 Å². The summed E-state index contributed by atoms with van der Waals surface area (Å²) in [5.41, 5.74) is 6.61. The van der Waals surface area contributed by atoms with Gasteiger partial charge in [-0.3, -0.25) is 0 Å². The van der Waals surface area contributed by atoms with E-state index in [1.54, 1.807) is 6.33 Å². The van der Waals surface area contributed by atoms with Gasteiger partial charge in [-0.15, -0.1) is 0 Å². The summed E-state index contributed by atoms with van der Waals surface area (Å²) in [7, 11) is 0. The highest BCUT2D eigenvalue weighted by molar-refractivity contribution is 6.11. The first-order valence-corrected chi connectivity index (χ1v) is 7.60. The second-order valence-electron chi connectivity index (χ2n) is 5.70. The molecule has 0 unspecified atom stereocenters. The third-order valence-electron chi connectivity index (χ3n) is 4.32. The Morgan fingerprint density at radius 1 is 0.783 bits per heavy atom. The predicted molar refractivity (Wildman–Crippen MR) is 93.7 cm³/mol. The molecule has 23 heavy (non-hydrogen) atoms. The van der Waals surface area contributed by atoms with E-state index < -0.39 is 0 Å². The van der Waals surface area contributed by atoms with Gasteiger partial charge >= 0.3 is 0 Å². The molecular weight excluding hydrogens is 282 g/mol. The van der Waals surface area contributed by atoms with Crippen LogP contribution in [-0.2, 0) is 0 Å². The van der Waals surface area contributed by atoms with Crippen LogP contribution in [0, 0.1) is 0 Å². The van der Waals surface area contributed by atoms with E-state index in [0.29, 0.717) is 0 Å². The Labute approximate surface area is 133 Å². The van der Waals surface area contributed by atoms with Gasteiger partial charge in [0, 0.05) is 16.6 Å². The second-order valence-corrected chi connectivity index (χ2v) is 5.70. The molecule has 5 rings (SSSR count). The Bertz CT molecular complexity index is 1040. The molecule has 0 aliphatic carbocycles. The van der Waals surface area contributed by atoms with Gasteiger partial charge in [-0.05, 0) is 34.7 Å². The van der Waals surface area contributed by atoms with E-state index in [4.69, 9.17) is 0 Å². The Morgan fingerprint density at radius 2 is 1.70 bits per heavy atom. The summed E-state index contributed by atoms with van der Waals surface area (Å²) in [4.78, 5) is 8.65. The molecule has 0 fully saturated rings. The van der Waals surface area contributed by atoms with Crippen LogP contribution in [-0.4, -0.2) is 9.97 Å². The first kappa shape index (κ1) is 12.4. The van der Waals surface area contributed by atoms with E-state index in [9.17, 15) is 0 Å². The summed E-state index contributed by atoms with van der Waals surface area (Å²) >= 11 is 0. The summed E-state index contributed by atoms with van der Waals surface area (Å²) < 4.78 is 0. The third kappa shape index (κ3) is 1.83. The Morgan fingerprint density at radius 3 is 2.61 bits per heavy atom. The van der Waals surface area contributed by atoms with Gasteiger partial charge in [-0.1, -0.05) is 42.5 Å². The maximum absolute atomic E-state index is 4.50. The fraction of sp³-hybridized carbons (Fsp3) is 0. The highest BCUT2D eigenvalue weighted by atomic mass is 15.0. The van der Waals surface area contributed by atoms with Crippen LogP contribution in [0.15, 0.2) is 73.2 Å². The van der Waals surface area contributed by atoms with Crippen molar-refractivity contribution in [3.8, 4) is 22.4 Å². The van der Waals surface area contributed by atoms with Crippen molar-refractivity contribution in [1.29, 1.82) is 0 Å². The normalized spacial score (nSPS) is 11.8. The van der Waals surface area contributed by atoms with Gasteiger partial charge in [0.2, 0.25) is 0 Å². The molecule has 108 valence electrons. The highest BCUT2D eigenvalue weighted by Crippen LogP contribution is 2.44. The Kier molecular flexibility index (Phi) is 2.50. The zero-order valence-electron chi connectivity index (χ0n) is 12.3. The average Bonchev–Trinajstić information content (AvgIpc) is 2.62. The van der Waals surface area contributed by atoms with Crippen molar-refractivity contribution in [3.63, 3.8) is 0 Å². The molecule has 1 aromatic heterocycles. The van der Waals surface area contributed by atoms with Crippen LogP contribution in [0.25, 0.3) is 33.2 Å². The highest BCUT2D eigenvalue weighted by Gasteiger charge is 2.20. The van der Waals surface area contributed by atoms with Crippen molar-refractivity contribution < 1.29 is 0 Å². The first-order valence-electron chi connectivity index (χ1n) is 7.60. The van der Waals surface area contributed by atoms with E-state index in [1.807, 2.05) is 12.3 Å². The maximum atomic E-state index is 4.50. The number of benzene rings is 3. The minimum atomic E-state index is 0.956. The molecule has 0 spiro atoms. The molecule has 0 radical (unpaired) electrons. The molecule has 3 heteroatoms. The smallest absolute Gasteiger partial charge is 0.116 e. The van der Waals surface area contributed by atoms with Crippen LogP contribution < -0.4 is 5.32 Å². The monoisotopic (exact) mass is 295 g/mol. The minimum absolute atomic E-state index is 0.956. The second kappa shape index (κ2) is 4.65. The van der Waals surface area contributed by atoms with Gasteiger partial charge in [0.1, 0.15) is 6.33 Å². The van der Waals surface area contributed by atoms with Crippen LogP contribution >= 0.6 is 0 Å². The number of hydrogen-bond acceptors (Lipinski definition) is 3. The molecule has 1 N–H and O–H groups in total. The van der Waals surface area contributed by atoms with E-state index in [2.05, 4.69) is 69.9 Å². The molecule has 3 aromatic carbocycles. The lowest BCUT2D eigenvalue weighted by molar-refractivity contribution is 1.17. The number of hydrogen-bond donors (Lipinski definition) is 1. The van der Waals surface area contributed by atoms with Crippen molar-refractivity contribution in [2.45, 2.75) is 0 Å². The zero-order chi connectivity index (χ0) is 15.2. The molecular formula is C20H13N3. The van der Waals surface area contributed by atoms with Gasteiger partial charge < -0.3 is 5.32 Å². The summed E-state index contributed by atoms with van der Waals surface area (Å²) in [6.07, 6.45) is 3.44. The van der Waals surface area contributed by atoms with Gasteiger partial charge in [-0.2, -0.15) is 0 Å². The molecule has 0 saturated heterocycles. The number of fused-ring (bicyclic) bond motifs is 2. The summed E-state index contributed by atoms with van der Waals surface area (Å²) in [6.45, 7) is 0.